The Morgan fingerprint density at radius 2 is 2.09 bits per heavy atom. The van der Waals surface area contributed by atoms with Crippen LogP contribution in [-0.4, -0.2) is 49.0 Å². The first kappa shape index (κ1) is 16.5. The summed E-state index contributed by atoms with van der Waals surface area (Å²) < 4.78 is 4.80. The van der Waals surface area contributed by atoms with Gasteiger partial charge in [-0.3, -0.25) is 9.69 Å². The van der Waals surface area contributed by atoms with Crippen LogP contribution >= 0.6 is 0 Å². The molecule has 0 aromatic heterocycles. The maximum Gasteiger partial charge on any atom is 0.330 e. The van der Waals surface area contributed by atoms with Crippen molar-refractivity contribution in [1.82, 2.24) is 10.2 Å². The second-order valence-corrected chi connectivity index (χ2v) is 4.84. The number of carbonyl (C=O) groups excluding carboxylic acids is 3. The SMILES string of the molecule is CCOC(=O)/C=C/c1ccc(NCC(=O)N2CCNC2=O)cc1. The number of nitrogens with zero attached hydrogens (tertiary/aromatic N) is 1. The lowest BCUT2D eigenvalue weighted by atomic mass is 10.2. The summed E-state index contributed by atoms with van der Waals surface area (Å²) in [6.07, 6.45) is 3.02. The van der Waals surface area contributed by atoms with Crippen LogP contribution in [0.25, 0.3) is 6.08 Å². The Labute approximate surface area is 134 Å². The molecule has 7 nitrogen and oxygen atoms in total. The van der Waals surface area contributed by atoms with E-state index >= 15 is 0 Å². The van der Waals surface area contributed by atoms with Gasteiger partial charge in [0.15, 0.2) is 0 Å². The lowest BCUT2D eigenvalue weighted by Crippen LogP contribution is -2.37. The predicted molar refractivity (Wildman–Crippen MR) is 85.7 cm³/mol. The van der Waals surface area contributed by atoms with Crippen LogP contribution in [0.15, 0.2) is 30.3 Å². The normalized spacial score (nSPS) is 14.0. The molecule has 0 bridgehead atoms. The summed E-state index contributed by atoms with van der Waals surface area (Å²) in [4.78, 5) is 35.6. The first-order valence-electron chi connectivity index (χ1n) is 7.37. The molecule has 1 aliphatic heterocycles. The third kappa shape index (κ3) is 4.84. The summed E-state index contributed by atoms with van der Waals surface area (Å²) in [5.41, 5.74) is 1.60. The molecule has 23 heavy (non-hydrogen) atoms. The zero-order chi connectivity index (χ0) is 16.7. The molecule has 1 aliphatic rings. The Bertz CT molecular complexity index is 610. The second kappa shape index (κ2) is 7.98. The topological polar surface area (TPSA) is 87.7 Å². The highest BCUT2D eigenvalue weighted by Gasteiger charge is 2.25. The Morgan fingerprint density at radius 1 is 1.35 bits per heavy atom. The number of imide groups is 1. The largest absolute Gasteiger partial charge is 0.463 e. The van der Waals surface area contributed by atoms with E-state index < -0.39 is 0 Å². The molecule has 0 spiro atoms. The maximum absolute atomic E-state index is 11.9. The van der Waals surface area contributed by atoms with Gasteiger partial charge in [0.25, 0.3) is 0 Å². The Kier molecular flexibility index (Phi) is 5.74. The second-order valence-electron chi connectivity index (χ2n) is 4.84. The summed E-state index contributed by atoms with van der Waals surface area (Å²) in [5, 5.41) is 5.55. The van der Waals surface area contributed by atoms with E-state index in [1.807, 2.05) is 12.1 Å². The third-order valence-corrected chi connectivity index (χ3v) is 3.21. The maximum atomic E-state index is 11.9. The summed E-state index contributed by atoms with van der Waals surface area (Å²) in [6, 6.07) is 6.86. The number of rotatable bonds is 6. The number of nitrogens with one attached hydrogen (secondary N) is 2. The molecule has 0 aliphatic carbocycles. The summed E-state index contributed by atoms with van der Waals surface area (Å²) in [6.45, 7) is 3.03. The number of ether oxygens (including phenoxy) is 1. The average Bonchev–Trinajstić information content (AvgIpc) is 2.98. The van der Waals surface area contributed by atoms with Crippen LogP contribution in [0.1, 0.15) is 12.5 Å². The van der Waals surface area contributed by atoms with E-state index in [4.69, 9.17) is 4.74 Å². The van der Waals surface area contributed by atoms with E-state index in [0.29, 0.717) is 19.7 Å². The van der Waals surface area contributed by atoms with Gasteiger partial charge in [0.1, 0.15) is 0 Å². The van der Waals surface area contributed by atoms with Crippen LogP contribution in [0.5, 0.6) is 0 Å². The van der Waals surface area contributed by atoms with Gasteiger partial charge in [-0.1, -0.05) is 12.1 Å². The number of benzene rings is 1. The molecule has 0 saturated carbocycles. The first-order chi connectivity index (χ1) is 11.1. The van der Waals surface area contributed by atoms with Gasteiger partial charge in [-0.2, -0.15) is 0 Å². The minimum atomic E-state index is -0.385. The van der Waals surface area contributed by atoms with E-state index in [2.05, 4.69) is 10.6 Å². The van der Waals surface area contributed by atoms with Gasteiger partial charge >= 0.3 is 12.0 Å². The number of hydrogen-bond acceptors (Lipinski definition) is 5. The zero-order valence-electron chi connectivity index (χ0n) is 12.9. The number of amides is 3. The van der Waals surface area contributed by atoms with Crippen molar-refractivity contribution in [1.29, 1.82) is 0 Å². The van der Waals surface area contributed by atoms with Crippen molar-refractivity contribution >= 4 is 29.7 Å². The number of hydrogen-bond donors (Lipinski definition) is 2. The van der Waals surface area contributed by atoms with E-state index in [0.717, 1.165) is 11.3 Å². The first-order valence-corrected chi connectivity index (χ1v) is 7.37. The number of anilines is 1. The lowest BCUT2D eigenvalue weighted by Gasteiger charge is -2.13. The van der Waals surface area contributed by atoms with Gasteiger partial charge in [0.2, 0.25) is 5.91 Å². The third-order valence-electron chi connectivity index (χ3n) is 3.21. The molecule has 1 heterocycles. The molecule has 1 saturated heterocycles. The molecule has 0 atom stereocenters. The van der Waals surface area contributed by atoms with Crippen molar-refractivity contribution in [2.24, 2.45) is 0 Å². The molecule has 1 aromatic rings. The highest BCUT2D eigenvalue weighted by molar-refractivity contribution is 5.97. The van der Waals surface area contributed by atoms with E-state index in [1.54, 1.807) is 25.1 Å². The molecule has 3 amide bonds. The minimum absolute atomic E-state index is 0.0471. The highest BCUT2D eigenvalue weighted by atomic mass is 16.5. The van der Waals surface area contributed by atoms with Crippen LogP contribution in [0.3, 0.4) is 0 Å². The van der Waals surface area contributed by atoms with Gasteiger partial charge in [-0.15, -0.1) is 0 Å². The van der Waals surface area contributed by atoms with Crippen LogP contribution in [0, 0.1) is 0 Å². The minimum Gasteiger partial charge on any atom is -0.463 e. The van der Waals surface area contributed by atoms with Crippen LogP contribution in [-0.2, 0) is 14.3 Å². The van der Waals surface area contributed by atoms with Gasteiger partial charge in [-0.05, 0) is 30.7 Å². The molecular weight excluding hydrogens is 298 g/mol. The summed E-state index contributed by atoms with van der Waals surface area (Å²) in [7, 11) is 0. The fourth-order valence-electron chi connectivity index (χ4n) is 2.05. The smallest absolute Gasteiger partial charge is 0.330 e. The van der Waals surface area contributed by atoms with E-state index in [9.17, 15) is 14.4 Å². The molecule has 2 N–H and O–H groups in total. The summed E-state index contributed by atoms with van der Waals surface area (Å²) in [5.74, 6) is -0.657. The monoisotopic (exact) mass is 317 g/mol. The van der Waals surface area contributed by atoms with Crippen molar-refractivity contribution in [2.75, 3.05) is 31.6 Å². The Hall–Kier alpha value is -2.83. The fourth-order valence-corrected chi connectivity index (χ4v) is 2.05. The number of carbonyl (C=O) groups is 3. The molecule has 0 unspecified atom stereocenters. The van der Waals surface area contributed by atoms with Crippen LogP contribution < -0.4 is 10.6 Å². The summed E-state index contributed by atoms with van der Waals surface area (Å²) >= 11 is 0. The predicted octanol–water partition coefficient (Wildman–Crippen LogP) is 1.23. The molecule has 2 rings (SSSR count). The van der Waals surface area contributed by atoms with Crippen molar-refractivity contribution in [3.8, 4) is 0 Å². The quantitative estimate of drug-likeness (QED) is 0.608. The van der Waals surface area contributed by atoms with Crippen LogP contribution in [0.2, 0.25) is 0 Å². The van der Waals surface area contributed by atoms with Gasteiger partial charge < -0.3 is 15.4 Å². The molecule has 122 valence electrons. The lowest BCUT2D eigenvalue weighted by molar-refractivity contribution is -0.137. The number of urea groups is 1. The Balaban J connectivity index is 1.84. The molecular formula is C16H19N3O4. The standard InChI is InChI=1S/C16H19N3O4/c1-2-23-15(21)8-5-12-3-6-13(7-4-12)18-11-14(20)19-10-9-17-16(19)22/h3-8,18H,2,9-11H2,1H3,(H,17,22)/b8-5+. The molecule has 1 fully saturated rings. The molecule has 1 aromatic carbocycles. The average molecular weight is 317 g/mol. The highest BCUT2D eigenvalue weighted by Crippen LogP contribution is 2.11. The van der Waals surface area contributed by atoms with E-state index in [-0.39, 0.29) is 24.5 Å². The van der Waals surface area contributed by atoms with Crippen LogP contribution in [0.4, 0.5) is 10.5 Å². The van der Waals surface area contributed by atoms with Gasteiger partial charge in [0.05, 0.1) is 13.2 Å². The number of esters is 1. The van der Waals surface area contributed by atoms with Crippen molar-refractivity contribution in [3.05, 3.63) is 35.9 Å². The molecule has 0 radical (unpaired) electrons. The van der Waals surface area contributed by atoms with Gasteiger partial charge in [0, 0.05) is 24.9 Å². The Morgan fingerprint density at radius 3 is 2.70 bits per heavy atom. The van der Waals surface area contributed by atoms with Crippen molar-refractivity contribution < 1.29 is 19.1 Å². The van der Waals surface area contributed by atoms with Crippen molar-refractivity contribution in [2.45, 2.75) is 6.92 Å². The fraction of sp³-hybridized carbons (Fsp3) is 0.312. The molecule has 7 heteroatoms. The van der Waals surface area contributed by atoms with Crippen molar-refractivity contribution in [3.63, 3.8) is 0 Å². The zero-order valence-corrected chi connectivity index (χ0v) is 12.9. The van der Waals surface area contributed by atoms with Gasteiger partial charge in [-0.25, -0.2) is 9.59 Å². The van der Waals surface area contributed by atoms with E-state index in [1.165, 1.54) is 11.0 Å².